The van der Waals surface area contributed by atoms with Gasteiger partial charge in [0.15, 0.2) is 5.96 Å². The predicted octanol–water partition coefficient (Wildman–Crippen LogP) is 1.66. The molecule has 0 aliphatic rings. The number of aliphatic hydroxyl groups is 1. The molecule has 0 amide bonds. The fraction of sp³-hybridized carbons (Fsp3) is 0.389. The van der Waals surface area contributed by atoms with Crippen molar-refractivity contribution in [2.75, 3.05) is 19.7 Å². The number of benzene rings is 1. The molecule has 0 bridgehead atoms. The topological polar surface area (TPSA) is 70.8 Å². The molecule has 0 fully saturated rings. The van der Waals surface area contributed by atoms with E-state index < -0.39 is 6.10 Å². The SMILES string of the molecule is CCNC(=NCc1ccn(C)c1)NCC(O)COc1ccc(F)cc1. The van der Waals surface area contributed by atoms with Gasteiger partial charge in [0.2, 0.25) is 0 Å². The number of nitrogens with one attached hydrogen (secondary N) is 2. The Morgan fingerprint density at radius 3 is 2.68 bits per heavy atom. The number of ether oxygens (including phenoxy) is 1. The summed E-state index contributed by atoms with van der Waals surface area (Å²) in [5, 5.41) is 16.2. The molecule has 1 heterocycles. The van der Waals surface area contributed by atoms with E-state index in [2.05, 4.69) is 15.6 Å². The van der Waals surface area contributed by atoms with Gasteiger partial charge in [0.05, 0.1) is 6.54 Å². The van der Waals surface area contributed by atoms with Crippen LogP contribution in [0.2, 0.25) is 0 Å². The number of aromatic nitrogens is 1. The molecule has 0 saturated heterocycles. The minimum absolute atomic E-state index is 0.108. The second-order valence-corrected chi connectivity index (χ2v) is 5.68. The average Bonchev–Trinajstić information content (AvgIpc) is 3.02. The fourth-order valence-corrected chi connectivity index (χ4v) is 2.16. The van der Waals surface area contributed by atoms with E-state index in [-0.39, 0.29) is 12.4 Å². The van der Waals surface area contributed by atoms with Crippen LogP contribution in [0.15, 0.2) is 47.7 Å². The number of hydrogen-bond donors (Lipinski definition) is 3. The number of hydrogen-bond acceptors (Lipinski definition) is 3. The molecular weight excluding hydrogens is 323 g/mol. The molecular formula is C18H25FN4O2. The zero-order valence-electron chi connectivity index (χ0n) is 14.6. The van der Waals surface area contributed by atoms with E-state index in [1.807, 2.05) is 37.0 Å². The normalized spacial score (nSPS) is 12.7. The van der Waals surface area contributed by atoms with Gasteiger partial charge in [-0.25, -0.2) is 9.38 Å². The smallest absolute Gasteiger partial charge is 0.191 e. The highest BCUT2D eigenvalue weighted by Crippen LogP contribution is 2.11. The Hall–Kier alpha value is -2.54. The highest BCUT2D eigenvalue weighted by molar-refractivity contribution is 5.79. The zero-order chi connectivity index (χ0) is 18.1. The molecule has 136 valence electrons. The van der Waals surface area contributed by atoms with Gasteiger partial charge in [0, 0.05) is 32.5 Å². The van der Waals surface area contributed by atoms with Crippen LogP contribution in [0, 0.1) is 5.82 Å². The Balaban J connectivity index is 1.77. The molecule has 0 saturated carbocycles. The van der Waals surface area contributed by atoms with Gasteiger partial charge in [-0.1, -0.05) is 0 Å². The lowest BCUT2D eigenvalue weighted by atomic mass is 10.3. The van der Waals surface area contributed by atoms with Crippen molar-refractivity contribution in [3.63, 3.8) is 0 Å². The predicted molar refractivity (Wildman–Crippen MR) is 96.1 cm³/mol. The standard InChI is InChI=1S/C18H25FN4O2/c1-3-20-18(21-10-14-8-9-23(2)12-14)22-11-16(24)13-25-17-6-4-15(19)5-7-17/h4-9,12,16,24H,3,10-11,13H2,1-2H3,(H2,20,21,22). The Kier molecular flexibility index (Phi) is 7.28. The van der Waals surface area contributed by atoms with Crippen molar-refractivity contribution < 1.29 is 14.2 Å². The molecule has 1 atom stereocenters. The minimum Gasteiger partial charge on any atom is -0.491 e. The van der Waals surface area contributed by atoms with Gasteiger partial charge < -0.3 is 25.0 Å². The lowest BCUT2D eigenvalue weighted by Gasteiger charge is -2.16. The number of rotatable bonds is 8. The summed E-state index contributed by atoms with van der Waals surface area (Å²) in [7, 11) is 1.97. The number of nitrogens with zero attached hydrogens (tertiary/aromatic N) is 2. The fourth-order valence-electron chi connectivity index (χ4n) is 2.16. The average molecular weight is 348 g/mol. The molecule has 7 heteroatoms. The lowest BCUT2D eigenvalue weighted by Crippen LogP contribution is -2.42. The maximum Gasteiger partial charge on any atom is 0.191 e. The molecule has 0 radical (unpaired) electrons. The van der Waals surface area contributed by atoms with Crippen LogP contribution in [-0.2, 0) is 13.6 Å². The van der Waals surface area contributed by atoms with E-state index in [1.54, 1.807) is 0 Å². The molecule has 1 aromatic heterocycles. The van der Waals surface area contributed by atoms with Crippen molar-refractivity contribution in [1.29, 1.82) is 0 Å². The van der Waals surface area contributed by atoms with Crippen molar-refractivity contribution >= 4 is 5.96 Å². The summed E-state index contributed by atoms with van der Waals surface area (Å²) in [4.78, 5) is 4.48. The first kappa shape index (κ1) is 18.8. The van der Waals surface area contributed by atoms with Crippen LogP contribution < -0.4 is 15.4 Å². The van der Waals surface area contributed by atoms with Gasteiger partial charge in [0.25, 0.3) is 0 Å². The summed E-state index contributed by atoms with van der Waals surface area (Å²) in [5.74, 6) is 0.830. The first-order valence-electron chi connectivity index (χ1n) is 8.26. The van der Waals surface area contributed by atoms with Crippen LogP contribution >= 0.6 is 0 Å². The van der Waals surface area contributed by atoms with E-state index in [0.717, 1.165) is 12.1 Å². The summed E-state index contributed by atoms with van der Waals surface area (Å²) in [5.41, 5.74) is 1.11. The molecule has 0 aliphatic carbocycles. The summed E-state index contributed by atoms with van der Waals surface area (Å²) in [6.45, 7) is 3.66. The second kappa shape index (κ2) is 9.68. The zero-order valence-corrected chi connectivity index (χ0v) is 14.6. The van der Waals surface area contributed by atoms with E-state index in [4.69, 9.17) is 4.74 Å². The van der Waals surface area contributed by atoms with Gasteiger partial charge in [-0.2, -0.15) is 0 Å². The van der Waals surface area contributed by atoms with Crippen LogP contribution in [0.3, 0.4) is 0 Å². The van der Waals surface area contributed by atoms with Crippen molar-refractivity contribution in [2.24, 2.45) is 12.0 Å². The largest absolute Gasteiger partial charge is 0.491 e. The number of aliphatic imine (C=N–C) groups is 1. The maximum absolute atomic E-state index is 12.8. The first-order chi connectivity index (χ1) is 12.1. The molecule has 2 rings (SSSR count). The van der Waals surface area contributed by atoms with Crippen LogP contribution in [0.5, 0.6) is 5.75 Å². The summed E-state index contributed by atoms with van der Waals surface area (Å²) in [6, 6.07) is 7.71. The quantitative estimate of drug-likeness (QED) is 0.501. The molecule has 3 N–H and O–H groups in total. The van der Waals surface area contributed by atoms with E-state index in [9.17, 15) is 9.50 Å². The Bertz CT molecular complexity index is 670. The lowest BCUT2D eigenvalue weighted by molar-refractivity contribution is 0.110. The summed E-state index contributed by atoms with van der Waals surface area (Å²) in [6.07, 6.45) is 3.27. The summed E-state index contributed by atoms with van der Waals surface area (Å²) >= 11 is 0. The monoisotopic (exact) mass is 348 g/mol. The molecule has 25 heavy (non-hydrogen) atoms. The third-order valence-electron chi connectivity index (χ3n) is 3.42. The van der Waals surface area contributed by atoms with Crippen LogP contribution in [0.4, 0.5) is 4.39 Å². The highest BCUT2D eigenvalue weighted by Gasteiger charge is 2.07. The van der Waals surface area contributed by atoms with Crippen molar-refractivity contribution in [2.45, 2.75) is 19.6 Å². The van der Waals surface area contributed by atoms with Crippen LogP contribution in [-0.4, -0.2) is 41.4 Å². The van der Waals surface area contributed by atoms with E-state index in [1.165, 1.54) is 24.3 Å². The van der Waals surface area contributed by atoms with Crippen molar-refractivity contribution in [1.82, 2.24) is 15.2 Å². The first-order valence-corrected chi connectivity index (χ1v) is 8.26. The molecule has 0 aliphatic heterocycles. The third kappa shape index (κ3) is 6.84. The van der Waals surface area contributed by atoms with Crippen molar-refractivity contribution in [3.05, 3.63) is 54.1 Å². The van der Waals surface area contributed by atoms with Crippen LogP contribution in [0.1, 0.15) is 12.5 Å². The van der Waals surface area contributed by atoms with Gasteiger partial charge >= 0.3 is 0 Å². The van der Waals surface area contributed by atoms with Gasteiger partial charge in [-0.15, -0.1) is 0 Å². The number of aliphatic hydroxyl groups excluding tert-OH is 1. The third-order valence-corrected chi connectivity index (χ3v) is 3.42. The Morgan fingerprint density at radius 2 is 2.04 bits per heavy atom. The number of halogens is 1. The second-order valence-electron chi connectivity index (χ2n) is 5.68. The molecule has 6 nitrogen and oxygen atoms in total. The Labute approximate surface area is 147 Å². The summed E-state index contributed by atoms with van der Waals surface area (Å²) < 4.78 is 20.2. The van der Waals surface area contributed by atoms with Gasteiger partial charge in [-0.05, 0) is 42.8 Å². The van der Waals surface area contributed by atoms with Crippen molar-refractivity contribution in [3.8, 4) is 5.75 Å². The van der Waals surface area contributed by atoms with Crippen LogP contribution in [0.25, 0.3) is 0 Å². The molecule has 1 unspecified atom stereocenters. The molecule has 1 aromatic carbocycles. The molecule has 0 spiro atoms. The highest BCUT2D eigenvalue weighted by atomic mass is 19.1. The molecule has 2 aromatic rings. The van der Waals surface area contributed by atoms with E-state index >= 15 is 0 Å². The minimum atomic E-state index is -0.717. The van der Waals surface area contributed by atoms with Gasteiger partial charge in [0.1, 0.15) is 24.3 Å². The van der Waals surface area contributed by atoms with E-state index in [0.29, 0.717) is 24.8 Å². The van der Waals surface area contributed by atoms with Gasteiger partial charge in [-0.3, -0.25) is 0 Å². The Morgan fingerprint density at radius 1 is 1.28 bits per heavy atom. The maximum atomic E-state index is 12.8. The number of guanidine groups is 1. The number of aryl methyl sites for hydroxylation is 1.